The van der Waals surface area contributed by atoms with Crippen molar-refractivity contribution in [1.82, 2.24) is 15.1 Å². The second kappa shape index (κ2) is 7.21. The molecule has 2 aromatic carbocycles. The molecule has 28 heavy (non-hydrogen) atoms. The third-order valence-electron chi connectivity index (χ3n) is 6.64. The van der Waals surface area contributed by atoms with Crippen LogP contribution >= 0.6 is 0 Å². The van der Waals surface area contributed by atoms with Crippen LogP contribution in [0.25, 0.3) is 0 Å². The van der Waals surface area contributed by atoms with E-state index in [1.54, 1.807) is 12.1 Å². The number of hydrogen-bond acceptors (Lipinski definition) is 2. The summed E-state index contributed by atoms with van der Waals surface area (Å²) >= 11 is 0. The molecule has 0 radical (unpaired) electrons. The van der Waals surface area contributed by atoms with E-state index in [0.717, 1.165) is 37.1 Å². The van der Waals surface area contributed by atoms with Gasteiger partial charge in [0.2, 0.25) is 0 Å². The molecule has 2 aromatic rings. The monoisotopic (exact) mass is 379 g/mol. The number of carbonyl (C=O) groups is 1. The molecular formula is C23H26FN3O. The molecule has 3 atom stereocenters. The van der Waals surface area contributed by atoms with Gasteiger partial charge in [0.05, 0.1) is 6.04 Å². The molecule has 0 aliphatic carbocycles. The summed E-state index contributed by atoms with van der Waals surface area (Å²) in [5.74, 6) is -0.254. The van der Waals surface area contributed by atoms with Crippen LogP contribution < -0.4 is 5.32 Å². The smallest absolute Gasteiger partial charge is 0.318 e. The third-order valence-corrected chi connectivity index (χ3v) is 6.64. The number of halogens is 1. The predicted molar refractivity (Wildman–Crippen MR) is 107 cm³/mol. The van der Waals surface area contributed by atoms with Crippen LogP contribution in [-0.2, 0) is 6.42 Å². The van der Waals surface area contributed by atoms with Crippen molar-refractivity contribution in [3.63, 3.8) is 0 Å². The van der Waals surface area contributed by atoms with E-state index in [9.17, 15) is 9.18 Å². The maximum absolute atomic E-state index is 13.5. The first-order chi connectivity index (χ1) is 13.7. The lowest BCUT2D eigenvalue weighted by Crippen LogP contribution is -2.51. The van der Waals surface area contributed by atoms with Crippen LogP contribution in [-0.4, -0.2) is 47.5 Å². The Hall–Kier alpha value is -2.40. The molecular weight excluding hydrogens is 353 g/mol. The first-order valence-corrected chi connectivity index (χ1v) is 10.3. The van der Waals surface area contributed by atoms with Crippen LogP contribution in [0.15, 0.2) is 48.5 Å². The SMILES string of the molecule is O=C(N[C@H]1CCN2CCCC12)N1CCc2ccccc2[C@@H]1c1ccc(F)cc1. The van der Waals surface area contributed by atoms with Crippen molar-refractivity contribution in [2.24, 2.45) is 0 Å². The van der Waals surface area contributed by atoms with E-state index in [2.05, 4.69) is 22.3 Å². The fourth-order valence-electron chi connectivity index (χ4n) is 5.28. The number of nitrogens with zero attached hydrogens (tertiary/aromatic N) is 2. The number of hydrogen-bond donors (Lipinski definition) is 1. The Bertz CT molecular complexity index is 868. The van der Waals surface area contributed by atoms with E-state index in [4.69, 9.17) is 0 Å². The molecule has 1 N–H and O–H groups in total. The lowest BCUT2D eigenvalue weighted by Gasteiger charge is -2.38. The van der Waals surface area contributed by atoms with Crippen molar-refractivity contribution in [3.05, 3.63) is 71.0 Å². The van der Waals surface area contributed by atoms with Gasteiger partial charge in [-0.2, -0.15) is 0 Å². The highest BCUT2D eigenvalue weighted by Gasteiger charge is 2.40. The van der Waals surface area contributed by atoms with Gasteiger partial charge in [0, 0.05) is 25.2 Å². The van der Waals surface area contributed by atoms with Crippen molar-refractivity contribution in [3.8, 4) is 0 Å². The van der Waals surface area contributed by atoms with Crippen molar-refractivity contribution in [1.29, 1.82) is 0 Å². The second-order valence-electron chi connectivity index (χ2n) is 8.19. The first-order valence-electron chi connectivity index (χ1n) is 10.3. The Balaban J connectivity index is 1.43. The van der Waals surface area contributed by atoms with E-state index in [0.29, 0.717) is 12.6 Å². The van der Waals surface area contributed by atoms with Crippen molar-refractivity contribution in [2.75, 3.05) is 19.6 Å². The van der Waals surface area contributed by atoms with Gasteiger partial charge in [-0.25, -0.2) is 9.18 Å². The van der Waals surface area contributed by atoms with Crippen molar-refractivity contribution in [2.45, 2.75) is 43.8 Å². The zero-order valence-electron chi connectivity index (χ0n) is 16.0. The van der Waals surface area contributed by atoms with E-state index < -0.39 is 0 Å². The standard InChI is InChI=1S/C23H26FN3O/c24-18-9-7-17(8-10-18)22-19-5-2-1-4-16(19)11-15-27(22)23(28)25-20-12-14-26-13-3-6-21(20)26/h1-2,4-5,7-10,20-22H,3,6,11-15H2,(H,25,28)/t20-,21?,22-/m0/s1. The minimum absolute atomic E-state index is 0.00239. The number of amides is 2. The lowest BCUT2D eigenvalue weighted by atomic mass is 9.88. The molecule has 1 unspecified atom stereocenters. The quantitative estimate of drug-likeness (QED) is 0.863. The minimum Gasteiger partial charge on any atom is -0.334 e. The summed E-state index contributed by atoms with van der Waals surface area (Å²) in [7, 11) is 0. The average Bonchev–Trinajstić information content (AvgIpc) is 3.33. The van der Waals surface area contributed by atoms with Gasteiger partial charge in [0.25, 0.3) is 0 Å². The zero-order chi connectivity index (χ0) is 19.1. The van der Waals surface area contributed by atoms with Crippen LogP contribution in [0.1, 0.15) is 42.0 Å². The van der Waals surface area contributed by atoms with Gasteiger partial charge in [-0.3, -0.25) is 4.90 Å². The highest BCUT2D eigenvalue weighted by molar-refractivity contribution is 5.76. The molecule has 2 saturated heterocycles. The molecule has 4 nitrogen and oxygen atoms in total. The summed E-state index contributed by atoms with van der Waals surface area (Å²) in [5.41, 5.74) is 3.37. The Morgan fingerprint density at radius 3 is 2.68 bits per heavy atom. The Kier molecular flexibility index (Phi) is 4.55. The molecule has 3 aliphatic heterocycles. The van der Waals surface area contributed by atoms with E-state index >= 15 is 0 Å². The van der Waals surface area contributed by atoms with Crippen molar-refractivity contribution < 1.29 is 9.18 Å². The van der Waals surface area contributed by atoms with Crippen LogP contribution in [0.5, 0.6) is 0 Å². The summed E-state index contributed by atoms with van der Waals surface area (Å²) in [6, 6.07) is 15.4. The lowest BCUT2D eigenvalue weighted by molar-refractivity contribution is 0.173. The van der Waals surface area contributed by atoms with Crippen molar-refractivity contribution >= 4 is 6.03 Å². The van der Waals surface area contributed by atoms with Crippen LogP contribution in [0.2, 0.25) is 0 Å². The number of carbonyl (C=O) groups excluding carboxylic acids is 1. The fraction of sp³-hybridized carbons (Fsp3) is 0.435. The summed E-state index contributed by atoms with van der Waals surface area (Å²) in [5, 5.41) is 3.33. The number of nitrogens with one attached hydrogen (secondary N) is 1. The highest BCUT2D eigenvalue weighted by atomic mass is 19.1. The summed E-state index contributed by atoms with van der Waals surface area (Å²) in [4.78, 5) is 17.8. The van der Waals surface area contributed by atoms with Crippen LogP contribution in [0.3, 0.4) is 0 Å². The molecule has 5 rings (SSSR count). The normalized spacial score (nSPS) is 26.8. The molecule has 0 bridgehead atoms. The molecule has 2 fully saturated rings. The van der Waals surface area contributed by atoms with Crippen LogP contribution in [0.4, 0.5) is 9.18 Å². The number of fused-ring (bicyclic) bond motifs is 2. The number of urea groups is 1. The Labute approximate surface area is 165 Å². The van der Waals surface area contributed by atoms with Gasteiger partial charge in [-0.15, -0.1) is 0 Å². The third kappa shape index (κ3) is 3.08. The maximum atomic E-state index is 13.5. The fourth-order valence-corrected chi connectivity index (χ4v) is 5.28. The van der Waals surface area contributed by atoms with Gasteiger partial charge in [-0.05, 0) is 61.1 Å². The molecule has 0 aromatic heterocycles. The minimum atomic E-state index is -0.254. The van der Waals surface area contributed by atoms with E-state index in [1.807, 2.05) is 17.0 Å². The van der Waals surface area contributed by atoms with Crippen LogP contribution in [0, 0.1) is 5.82 Å². The maximum Gasteiger partial charge on any atom is 0.318 e. The van der Waals surface area contributed by atoms with E-state index in [1.165, 1.54) is 30.5 Å². The zero-order valence-corrected chi connectivity index (χ0v) is 16.0. The van der Waals surface area contributed by atoms with Gasteiger partial charge >= 0.3 is 6.03 Å². The topological polar surface area (TPSA) is 35.6 Å². The molecule has 2 amide bonds. The van der Waals surface area contributed by atoms with Gasteiger partial charge in [0.1, 0.15) is 5.82 Å². The molecule has 0 saturated carbocycles. The number of rotatable bonds is 2. The van der Waals surface area contributed by atoms with Gasteiger partial charge in [-0.1, -0.05) is 36.4 Å². The second-order valence-corrected chi connectivity index (χ2v) is 8.19. The van der Waals surface area contributed by atoms with Gasteiger partial charge in [0.15, 0.2) is 0 Å². The largest absolute Gasteiger partial charge is 0.334 e. The summed E-state index contributed by atoms with van der Waals surface area (Å²) in [6.07, 6.45) is 4.28. The molecule has 5 heteroatoms. The molecule has 146 valence electrons. The van der Waals surface area contributed by atoms with E-state index in [-0.39, 0.29) is 23.9 Å². The molecule has 3 heterocycles. The predicted octanol–water partition coefficient (Wildman–Crippen LogP) is 3.72. The Morgan fingerprint density at radius 2 is 1.82 bits per heavy atom. The molecule has 3 aliphatic rings. The number of benzene rings is 2. The average molecular weight is 379 g/mol. The Morgan fingerprint density at radius 1 is 1.00 bits per heavy atom. The summed E-state index contributed by atoms with van der Waals surface area (Å²) in [6.45, 7) is 2.91. The first kappa shape index (κ1) is 17.7. The summed E-state index contributed by atoms with van der Waals surface area (Å²) < 4.78 is 13.5. The molecule has 0 spiro atoms. The highest BCUT2D eigenvalue weighted by Crippen LogP contribution is 2.36. The van der Waals surface area contributed by atoms with Gasteiger partial charge < -0.3 is 10.2 Å².